The summed E-state index contributed by atoms with van der Waals surface area (Å²) in [6.45, 7) is 7.97. The molecule has 1 N–H and O–H groups in total. The number of aromatic nitrogens is 3. The number of nitrogens with one attached hydrogen (secondary N) is 1. The Kier molecular flexibility index (Phi) is 5.73. The van der Waals surface area contributed by atoms with Crippen molar-refractivity contribution in [3.05, 3.63) is 39.9 Å². The second-order valence-corrected chi connectivity index (χ2v) is 7.66. The fourth-order valence-corrected chi connectivity index (χ4v) is 2.76. The maximum absolute atomic E-state index is 12.1. The van der Waals surface area contributed by atoms with Crippen LogP contribution in [0.25, 0.3) is 0 Å². The second kappa shape index (κ2) is 8.05. The van der Waals surface area contributed by atoms with Crippen molar-refractivity contribution in [2.75, 3.05) is 31.1 Å². The first-order valence-corrected chi connectivity index (χ1v) is 9.21. The van der Waals surface area contributed by atoms with Crippen LogP contribution in [0, 0.1) is 0 Å². The standard InChI is InChI=1S/C18H22ClN5O4/c1-18(2,3)28-17(26)24-8-6-23(7-9-24)14-5-4-12(10-20-14)27-13-11-21-22-16(25)15(13)19/h4-5,10-11H,6-9H2,1-3H3,(H,22,25). The van der Waals surface area contributed by atoms with Crippen LogP contribution >= 0.6 is 11.6 Å². The molecular formula is C18H22ClN5O4. The van der Waals surface area contributed by atoms with Gasteiger partial charge in [0, 0.05) is 26.2 Å². The number of H-pyrrole nitrogens is 1. The van der Waals surface area contributed by atoms with Crippen molar-refractivity contribution < 1.29 is 14.3 Å². The lowest BCUT2D eigenvalue weighted by Crippen LogP contribution is -2.50. The van der Waals surface area contributed by atoms with E-state index in [1.165, 1.54) is 6.20 Å². The van der Waals surface area contributed by atoms with E-state index in [-0.39, 0.29) is 16.9 Å². The zero-order valence-electron chi connectivity index (χ0n) is 15.9. The minimum atomic E-state index is -0.522. The number of carbonyl (C=O) groups excluding carboxylic acids is 1. The van der Waals surface area contributed by atoms with Crippen LogP contribution in [0.1, 0.15) is 20.8 Å². The predicted octanol–water partition coefficient (Wildman–Crippen LogP) is 2.67. The van der Waals surface area contributed by atoms with Gasteiger partial charge in [-0.25, -0.2) is 14.9 Å². The van der Waals surface area contributed by atoms with Gasteiger partial charge in [-0.05, 0) is 32.9 Å². The van der Waals surface area contributed by atoms with Crippen molar-refractivity contribution in [2.24, 2.45) is 0 Å². The van der Waals surface area contributed by atoms with Gasteiger partial charge in [0.05, 0.1) is 12.4 Å². The highest BCUT2D eigenvalue weighted by molar-refractivity contribution is 6.31. The van der Waals surface area contributed by atoms with E-state index in [2.05, 4.69) is 20.1 Å². The quantitative estimate of drug-likeness (QED) is 0.834. The molecule has 1 aliphatic rings. The summed E-state index contributed by atoms with van der Waals surface area (Å²) < 4.78 is 11.0. The molecular weight excluding hydrogens is 386 g/mol. The van der Waals surface area contributed by atoms with E-state index in [1.54, 1.807) is 17.2 Å². The second-order valence-electron chi connectivity index (χ2n) is 7.29. The van der Waals surface area contributed by atoms with Gasteiger partial charge in [0.25, 0.3) is 5.56 Å². The number of halogens is 1. The van der Waals surface area contributed by atoms with Crippen molar-refractivity contribution >= 4 is 23.5 Å². The lowest BCUT2D eigenvalue weighted by atomic mass is 10.2. The number of pyridine rings is 1. The van der Waals surface area contributed by atoms with Gasteiger partial charge in [-0.15, -0.1) is 0 Å². The summed E-state index contributed by atoms with van der Waals surface area (Å²) in [5, 5.41) is 5.81. The molecule has 1 fully saturated rings. The molecule has 1 saturated heterocycles. The summed E-state index contributed by atoms with van der Waals surface area (Å²) in [6.07, 6.45) is 2.58. The van der Waals surface area contributed by atoms with Crippen LogP contribution in [-0.4, -0.2) is 58.0 Å². The molecule has 0 radical (unpaired) electrons. The van der Waals surface area contributed by atoms with Gasteiger partial charge in [-0.1, -0.05) is 11.6 Å². The van der Waals surface area contributed by atoms with E-state index >= 15 is 0 Å². The van der Waals surface area contributed by atoms with Crippen LogP contribution in [0.3, 0.4) is 0 Å². The first-order chi connectivity index (χ1) is 13.2. The molecule has 2 aromatic rings. The van der Waals surface area contributed by atoms with Gasteiger partial charge < -0.3 is 19.3 Å². The zero-order valence-corrected chi connectivity index (χ0v) is 16.7. The third-order valence-electron chi connectivity index (χ3n) is 3.97. The molecule has 2 aromatic heterocycles. The number of nitrogens with zero attached hydrogens (tertiary/aromatic N) is 4. The number of piperazine rings is 1. The van der Waals surface area contributed by atoms with Gasteiger partial charge >= 0.3 is 6.09 Å². The zero-order chi connectivity index (χ0) is 20.3. The molecule has 3 heterocycles. The van der Waals surface area contributed by atoms with Gasteiger partial charge in [0.15, 0.2) is 10.8 Å². The number of anilines is 1. The van der Waals surface area contributed by atoms with Crippen molar-refractivity contribution in [2.45, 2.75) is 26.4 Å². The number of amides is 1. The molecule has 9 nitrogen and oxygen atoms in total. The molecule has 0 bridgehead atoms. The van der Waals surface area contributed by atoms with Crippen LogP contribution in [0.15, 0.2) is 29.3 Å². The Balaban J connectivity index is 1.58. The summed E-state index contributed by atoms with van der Waals surface area (Å²) in [4.78, 5) is 31.8. The highest BCUT2D eigenvalue weighted by Crippen LogP contribution is 2.26. The molecule has 0 atom stereocenters. The molecule has 1 amide bonds. The van der Waals surface area contributed by atoms with E-state index in [0.717, 1.165) is 5.82 Å². The summed E-state index contributed by atoms with van der Waals surface area (Å²) in [5.74, 6) is 1.36. The molecule has 0 aliphatic carbocycles. The van der Waals surface area contributed by atoms with Crippen LogP contribution < -0.4 is 15.2 Å². The Labute approximate surface area is 167 Å². The summed E-state index contributed by atoms with van der Waals surface area (Å²) in [6, 6.07) is 3.55. The number of carbonyl (C=O) groups is 1. The monoisotopic (exact) mass is 407 g/mol. The van der Waals surface area contributed by atoms with E-state index < -0.39 is 11.2 Å². The molecule has 0 aromatic carbocycles. The Hall–Kier alpha value is -2.81. The minimum absolute atomic E-state index is 0.0719. The Bertz CT molecular complexity index is 886. The number of hydrogen-bond acceptors (Lipinski definition) is 7. The van der Waals surface area contributed by atoms with Crippen molar-refractivity contribution in [3.63, 3.8) is 0 Å². The maximum Gasteiger partial charge on any atom is 0.410 e. The first-order valence-electron chi connectivity index (χ1n) is 8.83. The number of aromatic amines is 1. The SMILES string of the molecule is CC(C)(C)OC(=O)N1CCN(c2ccc(Oc3cn[nH]c(=O)c3Cl)cn2)CC1. The van der Waals surface area contributed by atoms with Crippen LogP contribution in [0.2, 0.25) is 5.02 Å². The number of rotatable bonds is 3. The minimum Gasteiger partial charge on any atom is -0.452 e. The van der Waals surface area contributed by atoms with Crippen molar-refractivity contribution in [3.8, 4) is 11.5 Å². The molecule has 0 saturated carbocycles. The Morgan fingerprint density at radius 1 is 1.18 bits per heavy atom. The fraction of sp³-hybridized carbons (Fsp3) is 0.444. The molecule has 3 rings (SSSR count). The van der Waals surface area contributed by atoms with E-state index in [4.69, 9.17) is 21.1 Å². The lowest BCUT2D eigenvalue weighted by molar-refractivity contribution is 0.0240. The predicted molar refractivity (Wildman–Crippen MR) is 104 cm³/mol. The van der Waals surface area contributed by atoms with Crippen molar-refractivity contribution in [1.29, 1.82) is 0 Å². The normalized spacial score (nSPS) is 14.7. The average Bonchev–Trinajstić information content (AvgIpc) is 2.65. The van der Waals surface area contributed by atoms with E-state index in [9.17, 15) is 9.59 Å². The summed E-state index contributed by atoms with van der Waals surface area (Å²) >= 11 is 5.90. The van der Waals surface area contributed by atoms with E-state index in [0.29, 0.717) is 31.9 Å². The van der Waals surface area contributed by atoms with Gasteiger partial charge in [-0.2, -0.15) is 5.10 Å². The Morgan fingerprint density at radius 3 is 2.50 bits per heavy atom. The van der Waals surface area contributed by atoms with Crippen LogP contribution in [-0.2, 0) is 4.74 Å². The third kappa shape index (κ3) is 4.92. The molecule has 28 heavy (non-hydrogen) atoms. The molecule has 0 unspecified atom stereocenters. The van der Waals surface area contributed by atoms with Crippen LogP contribution in [0.4, 0.5) is 10.6 Å². The molecule has 10 heteroatoms. The van der Waals surface area contributed by atoms with Gasteiger partial charge in [0.1, 0.15) is 17.2 Å². The summed E-state index contributed by atoms with van der Waals surface area (Å²) in [5.41, 5.74) is -1.03. The number of hydrogen-bond donors (Lipinski definition) is 1. The van der Waals surface area contributed by atoms with Gasteiger partial charge in [-0.3, -0.25) is 4.79 Å². The third-order valence-corrected chi connectivity index (χ3v) is 4.33. The first kappa shape index (κ1) is 19.9. The van der Waals surface area contributed by atoms with Crippen LogP contribution in [0.5, 0.6) is 11.5 Å². The Morgan fingerprint density at radius 2 is 1.89 bits per heavy atom. The lowest BCUT2D eigenvalue weighted by Gasteiger charge is -2.36. The number of ether oxygens (including phenoxy) is 2. The molecule has 1 aliphatic heterocycles. The highest BCUT2D eigenvalue weighted by atomic mass is 35.5. The highest BCUT2D eigenvalue weighted by Gasteiger charge is 2.26. The van der Waals surface area contributed by atoms with Crippen molar-refractivity contribution in [1.82, 2.24) is 20.1 Å². The van der Waals surface area contributed by atoms with Gasteiger partial charge in [0.2, 0.25) is 0 Å². The topological polar surface area (TPSA) is 101 Å². The largest absolute Gasteiger partial charge is 0.452 e. The molecule has 0 spiro atoms. The molecule has 150 valence electrons. The fourth-order valence-electron chi connectivity index (χ4n) is 2.63. The summed E-state index contributed by atoms with van der Waals surface area (Å²) in [7, 11) is 0. The van der Waals surface area contributed by atoms with E-state index in [1.807, 2.05) is 26.8 Å². The maximum atomic E-state index is 12.1. The smallest absolute Gasteiger partial charge is 0.410 e. The average molecular weight is 408 g/mol.